The smallest absolute Gasteiger partial charge is 0.160 e. The quantitative estimate of drug-likeness (QED) is 0.774. The summed E-state index contributed by atoms with van der Waals surface area (Å²) in [6, 6.07) is 2.34. The van der Waals surface area contributed by atoms with Crippen molar-refractivity contribution in [2.24, 2.45) is 5.90 Å². The van der Waals surface area contributed by atoms with Crippen LogP contribution >= 0.6 is 0 Å². The van der Waals surface area contributed by atoms with E-state index < -0.39 is 11.6 Å². The lowest BCUT2D eigenvalue weighted by Gasteiger charge is -2.17. The Labute approximate surface area is 87.4 Å². The third kappa shape index (κ3) is 2.87. The van der Waals surface area contributed by atoms with E-state index >= 15 is 0 Å². The molecule has 0 saturated carbocycles. The zero-order valence-electron chi connectivity index (χ0n) is 8.76. The average Bonchev–Trinajstić information content (AvgIpc) is 2.19. The fraction of sp³-hybridized carbons (Fsp3) is 0.400. The van der Waals surface area contributed by atoms with Crippen molar-refractivity contribution in [2.75, 3.05) is 25.6 Å². The molecular formula is C10H14F2N2O. The van der Waals surface area contributed by atoms with Gasteiger partial charge in [-0.3, -0.25) is 0 Å². The van der Waals surface area contributed by atoms with Crippen LogP contribution in [0, 0.1) is 11.6 Å². The molecule has 1 aromatic carbocycles. The largest absolute Gasteiger partial charge is 0.377 e. The molecule has 0 heterocycles. The average molecular weight is 216 g/mol. The number of benzene rings is 1. The molecule has 1 rings (SSSR count). The topological polar surface area (TPSA) is 38.5 Å². The number of hydrogen-bond acceptors (Lipinski definition) is 3. The molecule has 84 valence electrons. The van der Waals surface area contributed by atoms with Crippen molar-refractivity contribution in [1.82, 2.24) is 0 Å². The third-order valence-corrected chi connectivity index (χ3v) is 2.09. The van der Waals surface area contributed by atoms with E-state index in [1.807, 2.05) is 0 Å². The van der Waals surface area contributed by atoms with Crippen LogP contribution in [0.5, 0.6) is 0 Å². The molecule has 0 aliphatic heterocycles. The fourth-order valence-electron chi connectivity index (χ4n) is 1.36. The molecule has 0 aliphatic rings. The standard InChI is InChI=1S/C10H14F2N2O/c1-14(2)10-6-9(12)8(11)5-7(10)3-4-15-13/h5-6H,3-4,13H2,1-2H3. The number of nitrogens with two attached hydrogens (primary N) is 1. The molecule has 0 aromatic heterocycles. The third-order valence-electron chi connectivity index (χ3n) is 2.09. The Morgan fingerprint density at radius 1 is 1.27 bits per heavy atom. The summed E-state index contributed by atoms with van der Waals surface area (Å²) in [5, 5.41) is 0. The van der Waals surface area contributed by atoms with E-state index in [4.69, 9.17) is 5.90 Å². The molecule has 5 heteroatoms. The Balaban J connectivity index is 3.04. The van der Waals surface area contributed by atoms with Gasteiger partial charge >= 0.3 is 0 Å². The molecule has 0 atom stereocenters. The summed E-state index contributed by atoms with van der Waals surface area (Å²) in [5.74, 6) is 3.18. The highest BCUT2D eigenvalue weighted by Crippen LogP contribution is 2.22. The van der Waals surface area contributed by atoms with Gasteiger partial charge < -0.3 is 9.74 Å². The van der Waals surface area contributed by atoms with E-state index in [2.05, 4.69) is 4.84 Å². The van der Waals surface area contributed by atoms with E-state index in [0.717, 1.165) is 0 Å². The summed E-state index contributed by atoms with van der Waals surface area (Å²) in [6.45, 7) is 0.270. The highest BCUT2D eigenvalue weighted by molar-refractivity contribution is 5.53. The van der Waals surface area contributed by atoms with Crippen LogP contribution in [0.1, 0.15) is 5.56 Å². The lowest BCUT2D eigenvalue weighted by atomic mass is 10.1. The Kier molecular flexibility index (Phi) is 3.99. The van der Waals surface area contributed by atoms with Crippen molar-refractivity contribution in [2.45, 2.75) is 6.42 Å². The van der Waals surface area contributed by atoms with Gasteiger partial charge in [-0.25, -0.2) is 14.7 Å². The highest BCUT2D eigenvalue weighted by Gasteiger charge is 2.10. The van der Waals surface area contributed by atoms with E-state index in [1.165, 1.54) is 12.1 Å². The molecule has 0 amide bonds. The first kappa shape index (κ1) is 11.9. The Morgan fingerprint density at radius 2 is 1.87 bits per heavy atom. The van der Waals surface area contributed by atoms with E-state index in [0.29, 0.717) is 17.7 Å². The molecule has 0 aliphatic carbocycles. The summed E-state index contributed by atoms with van der Waals surface area (Å²) >= 11 is 0. The van der Waals surface area contributed by atoms with Crippen LogP contribution in [-0.4, -0.2) is 20.7 Å². The lowest BCUT2D eigenvalue weighted by Crippen LogP contribution is -2.14. The van der Waals surface area contributed by atoms with Gasteiger partial charge in [0.15, 0.2) is 11.6 Å². The van der Waals surface area contributed by atoms with Crippen LogP contribution in [0.2, 0.25) is 0 Å². The predicted octanol–water partition coefficient (Wildman–Crippen LogP) is 1.46. The van der Waals surface area contributed by atoms with Gasteiger partial charge in [0.05, 0.1) is 6.61 Å². The minimum atomic E-state index is -0.854. The van der Waals surface area contributed by atoms with Gasteiger partial charge in [0.1, 0.15) is 0 Å². The van der Waals surface area contributed by atoms with Crippen molar-refractivity contribution < 1.29 is 13.6 Å². The summed E-state index contributed by atoms with van der Waals surface area (Å²) in [5.41, 5.74) is 1.30. The second-order valence-corrected chi connectivity index (χ2v) is 3.41. The zero-order valence-corrected chi connectivity index (χ0v) is 8.76. The fourth-order valence-corrected chi connectivity index (χ4v) is 1.36. The lowest BCUT2D eigenvalue weighted by molar-refractivity contribution is 0.141. The van der Waals surface area contributed by atoms with Crippen LogP contribution in [-0.2, 0) is 11.3 Å². The summed E-state index contributed by atoms with van der Waals surface area (Å²) in [7, 11) is 3.53. The van der Waals surface area contributed by atoms with Crippen molar-refractivity contribution in [1.29, 1.82) is 0 Å². The first-order valence-corrected chi connectivity index (χ1v) is 4.53. The normalized spacial score (nSPS) is 10.5. The molecular weight excluding hydrogens is 202 g/mol. The van der Waals surface area contributed by atoms with Crippen LogP contribution < -0.4 is 10.8 Å². The van der Waals surface area contributed by atoms with Gasteiger partial charge in [0, 0.05) is 25.8 Å². The number of halogens is 2. The first-order valence-electron chi connectivity index (χ1n) is 4.53. The molecule has 0 fully saturated rings. The molecule has 2 N–H and O–H groups in total. The molecule has 0 unspecified atom stereocenters. The summed E-state index contributed by atoms with van der Waals surface area (Å²) in [6.07, 6.45) is 0.446. The predicted molar refractivity (Wildman–Crippen MR) is 54.5 cm³/mol. The minimum Gasteiger partial charge on any atom is -0.377 e. The molecule has 0 bridgehead atoms. The number of rotatable bonds is 4. The number of hydrogen-bond donors (Lipinski definition) is 1. The van der Waals surface area contributed by atoms with Crippen LogP contribution in [0.25, 0.3) is 0 Å². The van der Waals surface area contributed by atoms with Crippen LogP contribution in [0.4, 0.5) is 14.5 Å². The van der Waals surface area contributed by atoms with Gasteiger partial charge in [-0.1, -0.05) is 0 Å². The van der Waals surface area contributed by atoms with Crippen molar-refractivity contribution >= 4 is 5.69 Å². The van der Waals surface area contributed by atoms with Gasteiger partial charge in [-0.2, -0.15) is 0 Å². The maximum atomic E-state index is 13.0. The maximum absolute atomic E-state index is 13.0. The Morgan fingerprint density at radius 3 is 2.40 bits per heavy atom. The highest BCUT2D eigenvalue weighted by atomic mass is 19.2. The summed E-state index contributed by atoms with van der Waals surface area (Å²) in [4.78, 5) is 6.13. The maximum Gasteiger partial charge on any atom is 0.160 e. The van der Waals surface area contributed by atoms with Gasteiger partial charge in [0.2, 0.25) is 0 Å². The second kappa shape index (κ2) is 5.04. The summed E-state index contributed by atoms with van der Waals surface area (Å²) < 4.78 is 26.0. The Hall–Kier alpha value is -1.20. The van der Waals surface area contributed by atoms with E-state index in [1.54, 1.807) is 19.0 Å². The van der Waals surface area contributed by atoms with Crippen molar-refractivity contribution in [3.05, 3.63) is 29.3 Å². The van der Waals surface area contributed by atoms with E-state index in [9.17, 15) is 8.78 Å². The molecule has 0 radical (unpaired) electrons. The number of anilines is 1. The first-order chi connectivity index (χ1) is 7.06. The molecule has 3 nitrogen and oxygen atoms in total. The van der Waals surface area contributed by atoms with Crippen molar-refractivity contribution in [3.63, 3.8) is 0 Å². The van der Waals surface area contributed by atoms with Gasteiger partial charge in [0.25, 0.3) is 0 Å². The molecule has 0 saturated heterocycles. The molecule has 1 aromatic rings. The zero-order chi connectivity index (χ0) is 11.4. The molecule has 0 spiro atoms. The van der Waals surface area contributed by atoms with Gasteiger partial charge in [-0.15, -0.1) is 0 Å². The Bertz CT molecular complexity index is 342. The minimum absolute atomic E-state index is 0.270. The SMILES string of the molecule is CN(C)c1cc(F)c(F)cc1CCON. The van der Waals surface area contributed by atoms with Gasteiger partial charge in [-0.05, 0) is 18.1 Å². The number of nitrogens with zero attached hydrogens (tertiary/aromatic N) is 1. The monoisotopic (exact) mass is 216 g/mol. The second-order valence-electron chi connectivity index (χ2n) is 3.41. The van der Waals surface area contributed by atoms with Crippen molar-refractivity contribution in [3.8, 4) is 0 Å². The molecule has 15 heavy (non-hydrogen) atoms. The van der Waals surface area contributed by atoms with Crippen LogP contribution in [0.15, 0.2) is 12.1 Å². The van der Waals surface area contributed by atoms with E-state index in [-0.39, 0.29) is 6.61 Å². The van der Waals surface area contributed by atoms with Crippen LogP contribution in [0.3, 0.4) is 0 Å².